The van der Waals surface area contributed by atoms with Crippen LogP contribution in [-0.4, -0.2) is 48.0 Å². The first-order chi connectivity index (χ1) is 17.9. The van der Waals surface area contributed by atoms with Crippen LogP contribution in [0.15, 0.2) is 71.7 Å². The van der Waals surface area contributed by atoms with Gasteiger partial charge < -0.3 is 19.6 Å². The normalized spacial score (nSPS) is 18.8. The van der Waals surface area contributed by atoms with Crippen molar-refractivity contribution in [2.75, 3.05) is 27.3 Å². The van der Waals surface area contributed by atoms with Crippen LogP contribution in [0.25, 0.3) is 10.9 Å². The minimum Gasteiger partial charge on any atom is -0.494 e. The van der Waals surface area contributed by atoms with Gasteiger partial charge in [0.05, 0.1) is 36.7 Å². The number of nitrogens with one attached hydrogen (secondary N) is 1. The largest absolute Gasteiger partial charge is 0.494 e. The summed E-state index contributed by atoms with van der Waals surface area (Å²) in [5, 5.41) is 11.8. The molecule has 1 aromatic heterocycles. The van der Waals surface area contributed by atoms with Crippen LogP contribution < -0.4 is 9.47 Å². The third-order valence-electron chi connectivity index (χ3n) is 7.09. The number of likely N-dealkylation sites (tertiary alicyclic amines) is 1. The summed E-state index contributed by atoms with van der Waals surface area (Å²) in [5.41, 5.74) is 5.08. The molecule has 3 aromatic carbocycles. The molecule has 1 fully saturated rings. The van der Waals surface area contributed by atoms with E-state index in [1.807, 2.05) is 42.5 Å². The molecular weight excluding hydrogens is 462 g/mol. The van der Waals surface area contributed by atoms with Gasteiger partial charge in [-0.15, -0.1) is 0 Å². The van der Waals surface area contributed by atoms with Crippen LogP contribution in [0.5, 0.6) is 17.4 Å². The number of hydrogen-bond donors (Lipinski definition) is 2. The summed E-state index contributed by atoms with van der Waals surface area (Å²) in [6.45, 7) is 7.94. The highest BCUT2D eigenvalue weighted by Gasteiger charge is 2.22. The Kier molecular flexibility index (Phi) is 7.19. The SMILES string of the molecule is COc1cc2[nH]c(O)c(C(=Nc3ccc(CN4CC(C)CC(C)C4)cc3)c3ccccc3)c2cc1OC. The molecule has 1 aliphatic rings. The Morgan fingerprint density at radius 2 is 1.59 bits per heavy atom. The number of aromatic nitrogens is 1. The van der Waals surface area contributed by atoms with Gasteiger partial charge in [-0.3, -0.25) is 4.90 Å². The summed E-state index contributed by atoms with van der Waals surface area (Å²) < 4.78 is 11.0. The van der Waals surface area contributed by atoms with Crippen molar-refractivity contribution in [1.29, 1.82) is 0 Å². The van der Waals surface area contributed by atoms with Crippen molar-refractivity contribution in [3.63, 3.8) is 0 Å². The van der Waals surface area contributed by atoms with E-state index in [1.165, 1.54) is 12.0 Å². The average Bonchev–Trinajstić information content (AvgIpc) is 3.21. The molecule has 0 saturated carbocycles. The first kappa shape index (κ1) is 24.9. The summed E-state index contributed by atoms with van der Waals surface area (Å²) in [6, 6.07) is 22.1. The second-order valence-electron chi connectivity index (χ2n) is 10.2. The summed E-state index contributed by atoms with van der Waals surface area (Å²) in [6.07, 6.45) is 1.31. The number of rotatable bonds is 7. The third-order valence-corrected chi connectivity index (χ3v) is 7.09. The molecule has 0 aliphatic carbocycles. The zero-order valence-electron chi connectivity index (χ0n) is 22.0. The van der Waals surface area contributed by atoms with Crippen molar-refractivity contribution in [3.05, 3.63) is 83.4 Å². The third kappa shape index (κ3) is 5.35. The lowest BCUT2D eigenvalue weighted by atomic mass is 9.91. The maximum atomic E-state index is 11.0. The number of ether oxygens (including phenoxy) is 2. The van der Waals surface area contributed by atoms with Crippen molar-refractivity contribution in [1.82, 2.24) is 9.88 Å². The molecule has 37 heavy (non-hydrogen) atoms. The summed E-state index contributed by atoms with van der Waals surface area (Å²) >= 11 is 0. The molecule has 1 aliphatic heterocycles. The van der Waals surface area contributed by atoms with Crippen LogP contribution in [0, 0.1) is 11.8 Å². The number of nitrogens with zero attached hydrogens (tertiary/aromatic N) is 2. The lowest BCUT2D eigenvalue weighted by Gasteiger charge is -2.35. The van der Waals surface area contributed by atoms with Gasteiger partial charge in [-0.25, -0.2) is 4.99 Å². The minimum atomic E-state index is 0.0536. The standard InChI is InChI=1S/C31H35N3O3/c1-20-14-21(2)18-34(17-20)19-22-10-12-24(13-11-22)32-30(23-8-6-5-7-9-23)29-25-15-27(36-3)28(37-4)16-26(25)33-31(29)35/h5-13,15-16,20-21,33,35H,14,17-19H2,1-4H3. The fourth-order valence-corrected chi connectivity index (χ4v) is 5.59. The summed E-state index contributed by atoms with van der Waals surface area (Å²) in [4.78, 5) is 10.7. The number of H-pyrrole nitrogens is 1. The molecule has 4 aromatic rings. The topological polar surface area (TPSA) is 70.1 Å². The number of methoxy groups -OCH3 is 2. The van der Waals surface area contributed by atoms with E-state index in [1.54, 1.807) is 14.2 Å². The zero-order valence-corrected chi connectivity index (χ0v) is 22.0. The van der Waals surface area contributed by atoms with Crippen LogP contribution in [0.4, 0.5) is 5.69 Å². The van der Waals surface area contributed by atoms with Gasteiger partial charge in [-0.2, -0.15) is 0 Å². The maximum absolute atomic E-state index is 11.0. The van der Waals surface area contributed by atoms with Crippen LogP contribution in [0.3, 0.4) is 0 Å². The number of aromatic amines is 1. The monoisotopic (exact) mass is 497 g/mol. The Labute approximate surface area is 218 Å². The first-order valence-corrected chi connectivity index (χ1v) is 12.9. The number of aromatic hydroxyl groups is 1. The van der Waals surface area contributed by atoms with E-state index in [0.29, 0.717) is 22.8 Å². The number of hydrogen-bond acceptors (Lipinski definition) is 5. The molecule has 2 unspecified atom stereocenters. The molecule has 2 atom stereocenters. The van der Waals surface area contributed by atoms with E-state index in [2.05, 4.69) is 48.0 Å². The predicted molar refractivity (Wildman–Crippen MR) is 149 cm³/mol. The molecular formula is C31H35N3O3. The predicted octanol–water partition coefficient (Wildman–Crippen LogP) is 6.54. The van der Waals surface area contributed by atoms with E-state index < -0.39 is 0 Å². The van der Waals surface area contributed by atoms with Crippen LogP contribution in [-0.2, 0) is 6.54 Å². The number of aliphatic imine (C=N–C) groups is 1. The highest BCUT2D eigenvalue weighted by atomic mass is 16.5. The molecule has 6 nitrogen and oxygen atoms in total. The van der Waals surface area contributed by atoms with Gasteiger partial charge >= 0.3 is 0 Å². The van der Waals surface area contributed by atoms with E-state index in [0.717, 1.165) is 53.6 Å². The summed E-state index contributed by atoms with van der Waals surface area (Å²) in [5.74, 6) is 2.72. The highest BCUT2D eigenvalue weighted by molar-refractivity contribution is 6.22. The summed E-state index contributed by atoms with van der Waals surface area (Å²) in [7, 11) is 3.20. The Hall–Kier alpha value is -3.77. The lowest BCUT2D eigenvalue weighted by Crippen LogP contribution is -2.38. The van der Waals surface area contributed by atoms with Crippen LogP contribution in [0.1, 0.15) is 37.0 Å². The number of benzene rings is 3. The lowest BCUT2D eigenvalue weighted by molar-refractivity contribution is 0.134. The second kappa shape index (κ2) is 10.7. The Morgan fingerprint density at radius 3 is 2.24 bits per heavy atom. The van der Waals surface area contributed by atoms with Crippen molar-refractivity contribution in [2.45, 2.75) is 26.8 Å². The van der Waals surface area contributed by atoms with Gasteiger partial charge in [0, 0.05) is 36.7 Å². The minimum absolute atomic E-state index is 0.0536. The molecule has 192 valence electrons. The highest BCUT2D eigenvalue weighted by Crippen LogP contribution is 2.38. The van der Waals surface area contributed by atoms with Gasteiger partial charge in [0.2, 0.25) is 0 Å². The van der Waals surface area contributed by atoms with Gasteiger partial charge in [0.25, 0.3) is 0 Å². The number of fused-ring (bicyclic) bond motifs is 1. The van der Waals surface area contributed by atoms with Gasteiger partial charge in [-0.05, 0) is 42.0 Å². The van der Waals surface area contributed by atoms with Gasteiger partial charge in [-0.1, -0.05) is 56.3 Å². The molecule has 0 spiro atoms. The van der Waals surface area contributed by atoms with Crippen molar-refractivity contribution < 1.29 is 14.6 Å². The fraction of sp³-hybridized carbons (Fsp3) is 0.323. The molecule has 2 N–H and O–H groups in total. The molecule has 0 radical (unpaired) electrons. The first-order valence-electron chi connectivity index (χ1n) is 12.9. The van der Waals surface area contributed by atoms with Gasteiger partial charge in [0.1, 0.15) is 0 Å². The van der Waals surface area contributed by atoms with E-state index in [4.69, 9.17) is 14.5 Å². The molecule has 6 heteroatoms. The molecule has 2 heterocycles. The second-order valence-corrected chi connectivity index (χ2v) is 10.2. The number of piperidine rings is 1. The average molecular weight is 498 g/mol. The van der Waals surface area contributed by atoms with Crippen molar-refractivity contribution in [2.24, 2.45) is 16.8 Å². The molecule has 5 rings (SSSR count). The Bertz CT molecular complexity index is 1380. The van der Waals surface area contributed by atoms with E-state index >= 15 is 0 Å². The van der Waals surface area contributed by atoms with Crippen LogP contribution >= 0.6 is 0 Å². The molecule has 0 amide bonds. The van der Waals surface area contributed by atoms with Crippen LogP contribution in [0.2, 0.25) is 0 Å². The van der Waals surface area contributed by atoms with Crippen molar-refractivity contribution in [3.8, 4) is 17.4 Å². The van der Waals surface area contributed by atoms with Gasteiger partial charge in [0.15, 0.2) is 17.4 Å². The van der Waals surface area contributed by atoms with E-state index in [-0.39, 0.29) is 5.88 Å². The Morgan fingerprint density at radius 1 is 0.946 bits per heavy atom. The van der Waals surface area contributed by atoms with Crippen molar-refractivity contribution >= 4 is 22.3 Å². The fourth-order valence-electron chi connectivity index (χ4n) is 5.59. The quantitative estimate of drug-likeness (QED) is 0.285. The van der Waals surface area contributed by atoms with E-state index in [9.17, 15) is 5.11 Å². The molecule has 0 bridgehead atoms. The maximum Gasteiger partial charge on any atom is 0.199 e. The Balaban J connectivity index is 1.53. The molecule has 1 saturated heterocycles. The smallest absolute Gasteiger partial charge is 0.199 e. The zero-order chi connectivity index (χ0) is 25.9.